The second-order valence-electron chi connectivity index (χ2n) is 6.50. The second-order valence-corrected chi connectivity index (χ2v) is 7.45. The van der Waals surface area contributed by atoms with Crippen LogP contribution >= 0.6 is 11.3 Å². The van der Waals surface area contributed by atoms with Gasteiger partial charge in [0.05, 0.1) is 13.1 Å². The molecular weight excluding hydrogens is 304 g/mol. The minimum atomic E-state index is 0.0562. The number of thiophene rings is 1. The molecule has 2 heterocycles. The maximum absolute atomic E-state index is 4.88. The molecule has 0 unspecified atom stereocenters. The molecule has 23 heavy (non-hydrogen) atoms. The van der Waals surface area contributed by atoms with Gasteiger partial charge in [0.15, 0.2) is 5.96 Å². The van der Waals surface area contributed by atoms with Crippen LogP contribution in [-0.2, 0) is 19.0 Å². The van der Waals surface area contributed by atoms with Crippen molar-refractivity contribution in [2.45, 2.75) is 32.7 Å². The van der Waals surface area contributed by atoms with E-state index in [1.54, 1.807) is 11.3 Å². The van der Waals surface area contributed by atoms with Gasteiger partial charge in [0, 0.05) is 42.8 Å². The summed E-state index contributed by atoms with van der Waals surface area (Å²) in [6, 6.07) is 8.53. The zero-order valence-corrected chi connectivity index (χ0v) is 15.7. The van der Waals surface area contributed by atoms with Gasteiger partial charge in [-0.05, 0) is 30.5 Å². The van der Waals surface area contributed by atoms with E-state index in [4.69, 9.17) is 4.99 Å². The Kier molecular flexibility index (Phi) is 5.88. The van der Waals surface area contributed by atoms with Gasteiger partial charge in [0.1, 0.15) is 0 Å². The van der Waals surface area contributed by atoms with Gasteiger partial charge in [0.2, 0.25) is 0 Å². The first-order valence-corrected chi connectivity index (χ1v) is 8.95. The van der Waals surface area contributed by atoms with Gasteiger partial charge in [-0.2, -0.15) is 0 Å². The minimum Gasteiger partial charge on any atom is -0.357 e. The number of guanidine groups is 1. The molecule has 5 heteroatoms. The zero-order valence-electron chi connectivity index (χ0n) is 14.8. The quantitative estimate of drug-likeness (QED) is 0.649. The average Bonchev–Trinajstić information content (AvgIpc) is 3.16. The number of aromatic nitrogens is 1. The van der Waals surface area contributed by atoms with Crippen molar-refractivity contribution in [3.63, 3.8) is 0 Å². The highest BCUT2D eigenvalue weighted by atomic mass is 32.1. The monoisotopic (exact) mass is 332 g/mol. The van der Waals surface area contributed by atoms with Gasteiger partial charge in [-0.25, -0.2) is 0 Å². The molecule has 0 spiro atoms. The predicted octanol–water partition coefficient (Wildman–Crippen LogP) is 3.46. The van der Waals surface area contributed by atoms with E-state index in [-0.39, 0.29) is 5.41 Å². The molecule has 4 nitrogen and oxygen atoms in total. The fourth-order valence-corrected chi connectivity index (χ4v) is 3.31. The normalized spacial score (nSPS) is 12.5. The Labute approximate surface area is 143 Å². The van der Waals surface area contributed by atoms with E-state index in [0.717, 1.165) is 25.6 Å². The lowest BCUT2D eigenvalue weighted by atomic mass is 9.92. The summed E-state index contributed by atoms with van der Waals surface area (Å²) in [4.78, 5) is 8.44. The average molecular weight is 333 g/mol. The van der Waals surface area contributed by atoms with Crippen LogP contribution in [0.5, 0.6) is 0 Å². The SMILES string of the molecule is CCNC(=NCC(C)(C)c1cccs1)N(C)Cc1cccn1C. The Morgan fingerprint density at radius 1 is 1.35 bits per heavy atom. The summed E-state index contributed by atoms with van der Waals surface area (Å²) in [6.45, 7) is 9.10. The van der Waals surface area contributed by atoms with Gasteiger partial charge < -0.3 is 14.8 Å². The number of aryl methyl sites for hydroxylation is 1. The first kappa shape index (κ1) is 17.6. The third-order valence-electron chi connectivity index (χ3n) is 3.96. The molecule has 0 amide bonds. The fraction of sp³-hybridized carbons (Fsp3) is 0.500. The first-order valence-electron chi connectivity index (χ1n) is 8.07. The lowest BCUT2D eigenvalue weighted by molar-refractivity contribution is 0.455. The van der Waals surface area contributed by atoms with Crippen molar-refractivity contribution in [2.24, 2.45) is 12.0 Å². The summed E-state index contributed by atoms with van der Waals surface area (Å²) < 4.78 is 2.15. The Hall–Kier alpha value is -1.75. The molecule has 2 aromatic rings. The highest BCUT2D eigenvalue weighted by Crippen LogP contribution is 2.27. The highest BCUT2D eigenvalue weighted by molar-refractivity contribution is 7.10. The third kappa shape index (κ3) is 4.61. The summed E-state index contributed by atoms with van der Waals surface area (Å²) in [5, 5.41) is 5.53. The van der Waals surface area contributed by atoms with Crippen molar-refractivity contribution in [3.8, 4) is 0 Å². The Balaban J connectivity index is 2.09. The van der Waals surface area contributed by atoms with E-state index in [1.807, 2.05) is 0 Å². The molecule has 126 valence electrons. The second kappa shape index (κ2) is 7.68. The van der Waals surface area contributed by atoms with E-state index < -0.39 is 0 Å². The van der Waals surface area contributed by atoms with Crippen molar-refractivity contribution in [1.82, 2.24) is 14.8 Å². The molecular formula is C18H28N4S. The van der Waals surface area contributed by atoms with Crippen LogP contribution in [0.15, 0.2) is 40.8 Å². The van der Waals surface area contributed by atoms with Crippen LogP contribution in [0.25, 0.3) is 0 Å². The van der Waals surface area contributed by atoms with Crippen LogP contribution in [0, 0.1) is 0 Å². The molecule has 0 aliphatic carbocycles. The van der Waals surface area contributed by atoms with Crippen molar-refractivity contribution >= 4 is 17.3 Å². The van der Waals surface area contributed by atoms with Crippen molar-refractivity contribution in [1.29, 1.82) is 0 Å². The van der Waals surface area contributed by atoms with Gasteiger partial charge in [-0.15, -0.1) is 11.3 Å². The summed E-state index contributed by atoms with van der Waals surface area (Å²) in [5.41, 5.74) is 1.33. The summed E-state index contributed by atoms with van der Waals surface area (Å²) >= 11 is 1.80. The molecule has 0 aromatic carbocycles. The van der Waals surface area contributed by atoms with E-state index in [2.05, 4.69) is 85.5 Å². The predicted molar refractivity (Wildman–Crippen MR) is 100 cm³/mol. The summed E-state index contributed by atoms with van der Waals surface area (Å²) in [5.74, 6) is 0.957. The molecule has 0 aliphatic rings. The summed E-state index contributed by atoms with van der Waals surface area (Å²) in [6.07, 6.45) is 2.08. The van der Waals surface area contributed by atoms with Crippen molar-refractivity contribution in [3.05, 3.63) is 46.4 Å². The Morgan fingerprint density at radius 2 is 2.13 bits per heavy atom. The number of hydrogen-bond donors (Lipinski definition) is 1. The van der Waals surface area contributed by atoms with Crippen LogP contribution < -0.4 is 5.32 Å². The molecule has 2 aromatic heterocycles. The van der Waals surface area contributed by atoms with E-state index in [9.17, 15) is 0 Å². The van der Waals surface area contributed by atoms with Gasteiger partial charge in [-0.1, -0.05) is 19.9 Å². The lowest BCUT2D eigenvalue weighted by Gasteiger charge is -2.25. The molecule has 0 radical (unpaired) electrons. The molecule has 2 rings (SSSR count). The van der Waals surface area contributed by atoms with E-state index in [1.165, 1.54) is 10.6 Å². The van der Waals surface area contributed by atoms with Crippen LogP contribution in [0.2, 0.25) is 0 Å². The lowest BCUT2D eigenvalue weighted by Crippen LogP contribution is -2.39. The third-order valence-corrected chi connectivity index (χ3v) is 5.20. The molecule has 0 saturated heterocycles. The maximum atomic E-state index is 4.88. The molecule has 0 bridgehead atoms. The van der Waals surface area contributed by atoms with Crippen LogP contribution in [-0.4, -0.2) is 35.6 Å². The molecule has 0 saturated carbocycles. The largest absolute Gasteiger partial charge is 0.357 e. The Bertz CT molecular complexity index is 625. The topological polar surface area (TPSA) is 32.6 Å². The van der Waals surface area contributed by atoms with Crippen molar-refractivity contribution < 1.29 is 0 Å². The highest BCUT2D eigenvalue weighted by Gasteiger charge is 2.22. The van der Waals surface area contributed by atoms with E-state index >= 15 is 0 Å². The minimum absolute atomic E-state index is 0.0562. The molecule has 0 fully saturated rings. The number of rotatable bonds is 6. The number of nitrogens with one attached hydrogen (secondary N) is 1. The Morgan fingerprint density at radius 3 is 2.70 bits per heavy atom. The smallest absolute Gasteiger partial charge is 0.194 e. The first-order chi connectivity index (χ1) is 10.9. The van der Waals surface area contributed by atoms with Gasteiger partial charge >= 0.3 is 0 Å². The van der Waals surface area contributed by atoms with E-state index in [0.29, 0.717) is 0 Å². The maximum Gasteiger partial charge on any atom is 0.194 e. The van der Waals surface area contributed by atoms with Crippen LogP contribution in [0.3, 0.4) is 0 Å². The standard InChI is InChI=1S/C18H28N4S/c1-6-19-17(22(5)13-15-9-7-11-21(15)4)20-14-18(2,3)16-10-8-12-23-16/h7-12H,6,13-14H2,1-5H3,(H,19,20). The van der Waals surface area contributed by atoms with Crippen LogP contribution in [0.4, 0.5) is 0 Å². The van der Waals surface area contributed by atoms with Gasteiger partial charge in [-0.3, -0.25) is 4.99 Å². The zero-order chi connectivity index (χ0) is 16.9. The van der Waals surface area contributed by atoms with Crippen molar-refractivity contribution in [2.75, 3.05) is 20.1 Å². The summed E-state index contributed by atoms with van der Waals surface area (Å²) in [7, 11) is 4.17. The number of aliphatic imine (C=N–C) groups is 1. The van der Waals surface area contributed by atoms with Crippen LogP contribution in [0.1, 0.15) is 31.3 Å². The molecule has 0 aliphatic heterocycles. The fourth-order valence-electron chi connectivity index (χ4n) is 2.46. The number of nitrogens with zero attached hydrogens (tertiary/aromatic N) is 3. The molecule has 0 atom stereocenters. The van der Waals surface area contributed by atoms with Gasteiger partial charge in [0.25, 0.3) is 0 Å². The number of hydrogen-bond acceptors (Lipinski definition) is 2. The molecule has 1 N–H and O–H groups in total.